The zero-order valence-corrected chi connectivity index (χ0v) is 19.5. The van der Waals surface area contributed by atoms with Gasteiger partial charge < -0.3 is 10.2 Å². The van der Waals surface area contributed by atoms with Crippen molar-refractivity contribution in [3.8, 4) is 0 Å². The van der Waals surface area contributed by atoms with Gasteiger partial charge in [-0.05, 0) is 61.6 Å². The van der Waals surface area contributed by atoms with E-state index in [9.17, 15) is 13.2 Å². The van der Waals surface area contributed by atoms with Crippen LogP contribution >= 0.6 is 11.6 Å². The fourth-order valence-corrected chi connectivity index (χ4v) is 5.49. The molecule has 1 aliphatic heterocycles. The van der Waals surface area contributed by atoms with Gasteiger partial charge >= 0.3 is 0 Å². The van der Waals surface area contributed by atoms with Crippen molar-refractivity contribution >= 4 is 33.2 Å². The van der Waals surface area contributed by atoms with Crippen LogP contribution in [0.25, 0.3) is 0 Å². The normalized spacial score (nSPS) is 19.7. The summed E-state index contributed by atoms with van der Waals surface area (Å²) in [6.07, 6.45) is 2.15. The third-order valence-electron chi connectivity index (χ3n) is 5.40. The van der Waals surface area contributed by atoms with E-state index in [1.54, 1.807) is 18.2 Å². The predicted octanol–water partition coefficient (Wildman–Crippen LogP) is 4.24. The van der Waals surface area contributed by atoms with E-state index in [0.29, 0.717) is 17.8 Å². The van der Waals surface area contributed by atoms with Crippen molar-refractivity contribution in [2.45, 2.75) is 31.6 Å². The maximum Gasteiger partial charge on any atom is 0.261 e. The van der Waals surface area contributed by atoms with Crippen molar-refractivity contribution in [1.82, 2.24) is 10.2 Å². The number of piperidine rings is 1. The number of benzene rings is 2. The molecule has 31 heavy (non-hydrogen) atoms. The number of rotatable bonds is 8. The van der Waals surface area contributed by atoms with Gasteiger partial charge in [0.15, 0.2) is 0 Å². The average Bonchev–Trinajstić information content (AvgIpc) is 2.71. The highest BCUT2D eigenvalue weighted by molar-refractivity contribution is 7.92. The summed E-state index contributed by atoms with van der Waals surface area (Å²) in [5.41, 5.74) is 0.628. The summed E-state index contributed by atoms with van der Waals surface area (Å²) in [5, 5.41) is 3.11. The maximum atomic E-state index is 12.5. The molecular formula is C23H30ClN3O3S. The van der Waals surface area contributed by atoms with Crippen LogP contribution in [0.1, 0.15) is 37.0 Å². The molecule has 1 aliphatic rings. The van der Waals surface area contributed by atoms with Crippen LogP contribution in [-0.2, 0) is 10.0 Å². The second-order valence-corrected chi connectivity index (χ2v) is 10.5. The van der Waals surface area contributed by atoms with Crippen LogP contribution in [0.15, 0.2) is 53.4 Å². The fourth-order valence-electron chi connectivity index (χ4n) is 4.15. The lowest BCUT2D eigenvalue weighted by molar-refractivity contribution is 0.0947. The molecule has 2 aromatic rings. The Morgan fingerprint density at radius 3 is 2.42 bits per heavy atom. The Balaban J connectivity index is 1.52. The van der Waals surface area contributed by atoms with Crippen LogP contribution in [0.2, 0.25) is 5.02 Å². The van der Waals surface area contributed by atoms with E-state index in [0.717, 1.165) is 37.9 Å². The zero-order chi connectivity index (χ0) is 22.4. The predicted molar refractivity (Wildman–Crippen MR) is 125 cm³/mol. The van der Waals surface area contributed by atoms with E-state index in [-0.39, 0.29) is 15.8 Å². The molecule has 0 bridgehead atoms. The Hall–Kier alpha value is -2.09. The number of amides is 1. The van der Waals surface area contributed by atoms with Gasteiger partial charge in [-0.2, -0.15) is 0 Å². The molecule has 2 N–H and O–H groups in total. The Labute approximate surface area is 190 Å². The average molecular weight is 464 g/mol. The lowest BCUT2D eigenvalue weighted by Gasteiger charge is -2.34. The van der Waals surface area contributed by atoms with Crippen molar-refractivity contribution < 1.29 is 13.2 Å². The summed E-state index contributed by atoms with van der Waals surface area (Å²) in [6.45, 7) is 8.33. The number of carbonyl (C=O) groups is 1. The first-order valence-corrected chi connectivity index (χ1v) is 12.5. The van der Waals surface area contributed by atoms with Gasteiger partial charge in [-0.1, -0.05) is 43.6 Å². The van der Waals surface area contributed by atoms with Crippen molar-refractivity contribution in [2.24, 2.45) is 11.8 Å². The van der Waals surface area contributed by atoms with Crippen LogP contribution in [0.4, 0.5) is 5.69 Å². The maximum absolute atomic E-state index is 12.5. The minimum Gasteiger partial charge on any atom is -0.352 e. The quantitative estimate of drug-likeness (QED) is 0.574. The Morgan fingerprint density at radius 2 is 1.77 bits per heavy atom. The van der Waals surface area contributed by atoms with E-state index in [4.69, 9.17) is 11.6 Å². The van der Waals surface area contributed by atoms with Crippen LogP contribution in [0.3, 0.4) is 0 Å². The first-order chi connectivity index (χ1) is 14.7. The number of halogens is 1. The van der Waals surface area contributed by atoms with Crippen LogP contribution in [-0.4, -0.2) is 45.4 Å². The second kappa shape index (κ2) is 10.5. The van der Waals surface area contributed by atoms with Crippen LogP contribution in [0, 0.1) is 11.8 Å². The molecule has 2 aromatic carbocycles. The molecular weight excluding hydrogens is 434 g/mol. The summed E-state index contributed by atoms with van der Waals surface area (Å²) in [7, 11) is -3.71. The number of nitrogens with one attached hydrogen (secondary N) is 2. The highest BCUT2D eigenvalue weighted by Gasteiger charge is 2.21. The SMILES string of the molecule is C[C@H]1C[C@H](C)CN(CCCNC(=O)c2ccc(NS(=O)(=O)c3ccccc3)cc2Cl)C1. The monoisotopic (exact) mass is 463 g/mol. The number of hydrogen-bond donors (Lipinski definition) is 2. The molecule has 0 aliphatic carbocycles. The van der Waals surface area contributed by atoms with Gasteiger partial charge in [0.25, 0.3) is 15.9 Å². The molecule has 3 rings (SSSR count). The summed E-state index contributed by atoms with van der Waals surface area (Å²) in [6, 6.07) is 12.6. The number of carbonyl (C=O) groups excluding carboxylic acids is 1. The van der Waals surface area contributed by atoms with Crippen LogP contribution in [0.5, 0.6) is 0 Å². The van der Waals surface area contributed by atoms with E-state index in [1.807, 2.05) is 0 Å². The van der Waals surface area contributed by atoms with E-state index >= 15 is 0 Å². The molecule has 0 saturated carbocycles. The molecule has 1 saturated heterocycles. The minimum absolute atomic E-state index is 0.158. The van der Waals surface area contributed by atoms with Crippen molar-refractivity contribution in [3.05, 3.63) is 59.1 Å². The largest absolute Gasteiger partial charge is 0.352 e. The van der Waals surface area contributed by atoms with E-state index in [1.165, 1.54) is 36.8 Å². The molecule has 8 heteroatoms. The third kappa shape index (κ3) is 6.69. The minimum atomic E-state index is -3.71. The third-order valence-corrected chi connectivity index (χ3v) is 7.11. The number of sulfonamides is 1. The molecule has 6 nitrogen and oxygen atoms in total. The molecule has 0 spiro atoms. The van der Waals surface area contributed by atoms with Crippen molar-refractivity contribution in [1.29, 1.82) is 0 Å². The molecule has 2 atom stereocenters. The molecule has 168 valence electrons. The fraction of sp³-hybridized carbons (Fsp3) is 0.435. The highest BCUT2D eigenvalue weighted by Crippen LogP contribution is 2.24. The Morgan fingerprint density at radius 1 is 1.10 bits per heavy atom. The summed E-state index contributed by atoms with van der Waals surface area (Å²) >= 11 is 6.26. The van der Waals surface area contributed by atoms with Gasteiger partial charge in [0.05, 0.1) is 21.2 Å². The van der Waals surface area contributed by atoms with Crippen LogP contribution < -0.4 is 10.0 Å². The van der Waals surface area contributed by atoms with Gasteiger partial charge in [-0.3, -0.25) is 9.52 Å². The number of nitrogens with zero attached hydrogens (tertiary/aromatic N) is 1. The lowest BCUT2D eigenvalue weighted by atomic mass is 9.92. The van der Waals surface area contributed by atoms with Crippen molar-refractivity contribution in [2.75, 3.05) is 30.9 Å². The van der Waals surface area contributed by atoms with E-state index < -0.39 is 10.0 Å². The summed E-state index contributed by atoms with van der Waals surface area (Å²) in [5.74, 6) is 1.17. The topological polar surface area (TPSA) is 78.5 Å². The molecule has 1 fully saturated rings. The molecule has 0 unspecified atom stereocenters. The van der Waals surface area contributed by atoms with Gasteiger partial charge in [0.1, 0.15) is 0 Å². The second-order valence-electron chi connectivity index (χ2n) is 8.43. The number of anilines is 1. The first kappa shape index (κ1) is 23.6. The van der Waals surface area contributed by atoms with Gasteiger partial charge in [-0.15, -0.1) is 0 Å². The van der Waals surface area contributed by atoms with Gasteiger partial charge in [0, 0.05) is 19.6 Å². The van der Waals surface area contributed by atoms with Crippen molar-refractivity contribution in [3.63, 3.8) is 0 Å². The number of likely N-dealkylation sites (tertiary alicyclic amines) is 1. The van der Waals surface area contributed by atoms with Gasteiger partial charge in [-0.25, -0.2) is 8.42 Å². The lowest BCUT2D eigenvalue weighted by Crippen LogP contribution is -2.40. The summed E-state index contributed by atoms with van der Waals surface area (Å²) in [4.78, 5) is 15.1. The highest BCUT2D eigenvalue weighted by atomic mass is 35.5. The zero-order valence-electron chi connectivity index (χ0n) is 18.0. The number of hydrogen-bond acceptors (Lipinski definition) is 4. The van der Waals surface area contributed by atoms with E-state index in [2.05, 4.69) is 28.8 Å². The molecule has 1 heterocycles. The molecule has 1 amide bonds. The molecule has 0 radical (unpaired) electrons. The Kier molecular flexibility index (Phi) is 7.97. The first-order valence-electron chi connectivity index (χ1n) is 10.6. The smallest absolute Gasteiger partial charge is 0.261 e. The molecule has 0 aromatic heterocycles. The van der Waals surface area contributed by atoms with Gasteiger partial charge in [0.2, 0.25) is 0 Å². The standard InChI is InChI=1S/C23H30ClN3O3S/c1-17-13-18(2)16-27(15-17)12-6-11-25-23(28)21-10-9-19(14-22(21)24)26-31(29,30)20-7-4-3-5-8-20/h3-5,7-10,14,17-18,26H,6,11-13,15-16H2,1-2H3,(H,25,28)/t17-,18-/m0/s1. The summed E-state index contributed by atoms with van der Waals surface area (Å²) < 4.78 is 27.4. The Bertz CT molecular complexity index is 988.